The minimum atomic E-state index is -1.20. The maximum absolute atomic E-state index is 12.7. The standard InChI is InChI=1S/C20H30O5/c1-3-4-6-11-14(21)16-15(22)12-20(18(24)25-19(16,20)2)17(23)13-9-7-5-8-10-13/h7,9,13-14,16-17,21,23H,3-6,8,10-12H2,1-2H3/t13-,14?,16+,17?,19+,20-/m1/s1. The Kier molecular flexibility index (Phi) is 5.09. The summed E-state index contributed by atoms with van der Waals surface area (Å²) in [5.74, 6) is -1.51. The maximum atomic E-state index is 12.7. The van der Waals surface area contributed by atoms with Crippen molar-refractivity contribution in [1.82, 2.24) is 0 Å². The van der Waals surface area contributed by atoms with Crippen molar-refractivity contribution < 1.29 is 24.5 Å². The normalized spacial score (nSPS) is 39.5. The second-order valence-electron chi connectivity index (χ2n) is 8.12. The van der Waals surface area contributed by atoms with Crippen LogP contribution in [0, 0.1) is 17.3 Å². The summed E-state index contributed by atoms with van der Waals surface area (Å²) in [5.41, 5.74) is -2.30. The van der Waals surface area contributed by atoms with Crippen LogP contribution in [0.5, 0.6) is 0 Å². The summed E-state index contributed by atoms with van der Waals surface area (Å²) in [7, 11) is 0. The van der Waals surface area contributed by atoms with Crippen LogP contribution >= 0.6 is 0 Å². The lowest BCUT2D eigenvalue weighted by atomic mass is 9.60. The SMILES string of the molecule is CCCCCC(O)[C@H]1C(=O)C[C@@]2(C(O)[C@@H]3C=CCCC3)C(=O)O[C@@]12C. The first kappa shape index (κ1) is 18.6. The van der Waals surface area contributed by atoms with E-state index in [1.807, 2.05) is 12.2 Å². The van der Waals surface area contributed by atoms with Crippen molar-refractivity contribution in [2.75, 3.05) is 0 Å². The highest BCUT2D eigenvalue weighted by Gasteiger charge is 2.79. The molecule has 140 valence electrons. The minimum Gasteiger partial charge on any atom is -0.457 e. The molecule has 0 spiro atoms. The zero-order chi connectivity index (χ0) is 18.2. The zero-order valence-electron chi connectivity index (χ0n) is 15.2. The number of carbonyl (C=O) groups excluding carboxylic acids is 2. The Balaban J connectivity index is 1.84. The van der Waals surface area contributed by atoms with Gasteiger partial charge in [-0.1, -0.05) is 38.3 Å². The molecule has 25 heavy (non-hydrogen) atoms. The molecule has 0 bridgehead atoms. The third-order valence-electron chi connectivity index (χ3n) is 6.64. The fourth-order valence-electron chi connectivity index (χ4n) is 5.15. The Morgan fingerprint density at radius 2 is 2.08 bits per heavy atom. The van der Waals surface area contributed by atoms with Gasteiger partial charge >= 0.3 is 5.97 Å². The van der Waals surface area contributed by atoms with E-state index < -0.39 is 35.1 Å². The summed E-state index contributed by atoms with van der Waals surface area (Å²) in [6.07, 6.45) is 8.35. The number of ketones is 1. The van der Waals surface area contributed by atoms with Crippen LogP contribution in [0.25, 0.3) is 0 Å². The molecular formula is C20H30O5. The van der Waals surface area contributed by atoms with Crippen LogP contribution in [0.2, 0.25) is 0 Å². The van der Waals surface area contributed by atoms with Gasteiger partial charge in [-0.15, -0.1) is 0 Å². The molecule has 0 aromatic rings. The van der Waals surface area contributed by atoms with Crippen molar-refractivity contribution in [3.63, 3.8) is 0 Å². The van der Waals surface area contributed by atoms with Crippen LogP contribution in [-0.2, 0) is 14.3 Å². The van der Waals surface area contributed by atoms with E-state index in [4.69, 9.17) is 4.74 Å². The Morgan fingerprint density at radius 3 is 2.68 bits per heavy atom. The number of ether oxygens (including phenoxy) is 1. The molecular weight excluding hydrogens is 320 g/mol. The summed E-state index contributed by atoms with van der Waals surface area (Å²) >= 11 is 0. The van der Waals surface area contributed by atoms with Gasteiger partial charge in [0.25, 0.3) is 0 Å². The van der Waals surface area contributed by atoms with Crippen molar-refractivity contribution >= 4 is 11.8 Å². The van der Waals surface area contributed by atoms with Gasteiger partial charge < -0.3 is 14.9 Å². The monoisotopic (exact) mass is 350 g/mol. The Bertz CT molecular complexity index is 570. The van der Waals surface area contributed by atoms with Gasteiger partial charge in [0.1, 0.15) is 16.8 Å². The number of fused-ring (bicyclic) bond motifs is 1. The molecule has 2 aliphatic carbocycles. The van der Waals surface area contributed by atoms with Gasteiger partial charge in [-0.25, -0.2) is 0 Å². The van der Waals surface area contributed by atoms with Crippen molar-refractivity contribution in [2.24, 2.45) is 17.3 Å². The molecule has 2 fully saturated rings. The molecule has 5 nitrogen and oxygen atoms in total. The first-order valence-corrected chi connectivity index (χ1v) is 9.67. The van der Waals surface area contributed by atoms with Crippen LogP contribution in [0.3, 0.4) is 0 Å². The highest BCUT2D eigenvalue weighted by Crippen LogP contribution is 2.62. The summed E-state index contributed by atoms with van der Waals surface area (Å²) in [5, 5.41) is 21.7. The van der Waals surface area contributed by atoms with Crippen molar-refractivity contribution in [1.29, 1.82) is 0 Å². The van der Waals surface area contributed by atoms with Crippen LogP contribution in [-0.4, -0.2) is 39.8 Å². The molecule has 0 aromatic heterocycles. The number of unbranched alkanes of at least 4 members (excludes halogenated alkanes) is 2. The largest absolute Gasteiger partial charge is 0.457 e. The topological polar surface area (TPSA) is 83.8 Å². The lowest BCUT2D eigenvalue weighted by Crippen LogP contribution is -2.71. The smallest absolute Gasteiger partial charge is 0.319 e. The Labute approximate surface area is 149 Å². The highest BCUT2D eigenvalue weighted by molar-refractivity contribution is 6.00. The fourth-order valence-corrected chi connectivity index (χ4v) is 5.15. The molecule has 5 heteroatoms. The van der Waals surface area contributed by atoms with Crippen molar-refractivity contribution in [3.05, 3.63) is 12.2 Å². The second-order valence-corrected chi connectivity index (χ2v) is 8.12. The quantitative estimate of drug-likeness (QED) is 0.419. The average molecular weight is 350 g/mol. The third-order valence-corrected chi connectivity index (χ3v) is 6.64. The van der Waals surface area contributed by atoms with E-state index in [2.05, 4.69) is 6.92 Å². The number of rotatable bonds is 7. The number of hydrogen-bond donors (Lipinski definition) is 2. The summed E-state index contributed by atoms with van der Waals surface area (Å²) in [4.78, 5) is 25.2. The van der Waals surface area contributed by atoms with Crippen molar-refractivity contribution in [2.45, 2.75) is 83.0 Å². The van der Waals surface area contributed by atoms with Crippen LogP contribution in [0.1, 0.15) is 65.2 Å². The molecule has 1 saturated heterocycles. The van der Waals surface area contributed by atoms with Gasteiger partial charge in [0.15, 0.2) is 0 Å². The third kappa shape index (κ3) is 2.67. The van der Waals surface area contributed by atoms with E-state index >= 15 is 0 Å². The summed E-state index contributed by atoms with van der Waals surface area (Å²) in [6, 6.07) is 0. The number of aliphatic hydroxyl groups is 2. The van der Waals surface area contributed by atoms with E-state index in [0.29, 0.717) is 6.42 Å². The van der Waals surface area contributed by atoms with Gasteiger partial charge in [-0.3, -0.25) is 9.59 Å². The number of Topliss-reactive ketones (excluding diaryl/α,β-unsaturated/α-hetero) is 1. The van der Waals surface area contributed by atoms with Crippen LogP contribution < -0.4 is 0 Å². The van der Waals surface area contributed by atoms with E-state index in [0.717, 1.165) is 38.5 Å². The van der Waals surface area contributed by atoms with Gasteiger partial charge in [-0.05, 0) is 32.6 Å². The molecule has 0 radical (unpaired) electrons. The molecule has 0 amide bonds. The predicted molar refractivity (Wildman–Crippen MR) is 92.7 cm³/mol. The average Bonchev–Trinajstić information content (AvgIpc) is 2.78. The van der Waals surface area contributed by atoms with E-state index in [-0.39, 0.29) is 18.1 Å². The summed E-state index contributed by atoms with van der Waals surface area (Å²) in [6.45, 7) is 3.81. The lowest BCUT2D eigenvalue weighted by Gasteiger charge is -2.56. The first-order chi connectivity index (χ1) is 11.9. The molecule has 3 rings (SSSR count). The van der Waals surface area contributed by atoms with Gasteiger partial charge in [0.05, 0.1) is 18.1 Å². The molecule has 2 unspecified atom stereocenters. The van der Waals surface area contributed by atoms with E-state index in [9.17, 15) is 19.8 Å². The number of esters is 1. The molecule has 0 aromatic carbocycles. The Morgan fingerprint density at radius 1 is 1.32 bits per heavy atom. The molecule has 1 saturated carbocycles. The number of hydrogen-bond acceptors (Lipinski definition) is 5. The number of carbonyl (C=O) groups is 2. The van der Waals surface area contributed by atoms with Gasteiger partial charge in [0, 0.05) is 12.3 Å². The predicted octanol–water partition coefficient (Wildman–Crippen LogP) is 2.54. The van der Waals surface area contributed by atoms with Crippen molar-refractivity contribution in [3.8, 4) is 0 Å². The second kappa shape index (κ2) is 6.84. The molecule has 6 atom stereocenters. The van der Waals surface area contributed by atoms with Crippen LogP contribution in [0.4, 0.5) is 0 Å². The molecule has 2 N–H and O–H groups in total. The number of aliphatic hydroxyl groups excluding tert-OH is 2. The molecule has 1 heterocycles. The Hall–Kier alpha value is -1.20. The molecule has 1 aliphatic heterocycles. The van der Waals surface area contributed by atoms with Crippen LogP contribution in [0.15, 0.2) is 12.2 Å². The van der Waals surface area contributed by atoms with Gasteiger partial charge in [-0.2, -0.15) is 0 Å². The van der Waals surface area contributed by atoms with E-state index in [1.54, 1.807) is 6.92 Å². The minimum absolute atomic E-state index is 0.0245. The highest BCUT2D eigenvalue weighted by atomic mass is 16.6. The van der Waals surface area contributed by atoms with E-state index in [1.165, 1.54) is 0 Å². The van der Waals surface area contributed by atoms with Gasteiger partial charge in [0.2, 0.25) is 0 Å². The number of allylic oxidation sites excluding steroid dienone is 1. The molecule has 3 aliphatic rings. The zero-order valence-corrected chi connectivity index (χ0v) is 15.2. The maximum Gasteiger partial charge on any atom is 0.319 e. The lowest BCUT2D eigenvalue weighted by molar-refractivity contribution is -0.268. The summed E-state index contributed by atoms with van der Waals surface area (Å²) < 4.78 is 5.47. The first-order valence-electron chi connectivity index (χ1n) is 9.67. The fraction of sp³-hybridized carbons (Fsp3) is 0.800.